The molecule has 0 aliphatic heterocycles. The van der Waals surface area contributed by atoms with Crippen molar-refractivity contribution in [2.75, 3.05) is 11.5 Å². The van der Waals surface area contributed by atoms with Gasteiger partial charge in [-0.15, -0.1) is 0 Å². The first-order valence-electron chi connectivity index (χ1n) is 8.32. The van der Waals surface area contributed by atoms with Crippen LogP contribution in [0.3, 0.4) is 0 Å². The summed E-state index contributed by atoms with van der Waals surface area (Å²) in [6.07, 6.45) is 3.86. The van der Waals surface area contributed by atoms with Crippen LogP contribution in [0.5, 0.6) is 0 Å². The third kappa shape index (κ3) is 4.00. The normalized spacial score (nSPS) is 14.0. The van der Waals surface area contributed by atoms with Crippen molar-refractivity contribution in [2.45, 2.75) is 32.4 Å². The first-order valence-corrected chi connectivity index (χ1v) is 8.69. The van der Waals surface area contributed by atoms with Gasteiger partial charge in [0.1, 0.15) is 17.5 Å². The van der Waals surface area contributed by atoms with Gasteiger partial charge < -0.3 is 26.3 Å². The van der Waals surface area contributed by atoms with Crippen molar-refractivity contribution in [3.05, 3.63) is 40.6 Å². The molecule has 1 aromatic carbocycles. The van der Waals surface area contributed by atoms with Gasteiger partial charge in [0, 0.05) is 13.1 Å². The molecular weight excluding hydrogens is 377 g/mol. The van der Waals surface area contributed by atoms with Gasteiger partial charge in [-0.05, 0) is 36.7 Å². The number of imidazole rings is 1. The molecule has 1 fully saturated rings. The van der Waals surface area contributed by atoms with Gasteiger partial charge in [-0.1, -0.05) is 30.2 Å². The number of nitrogens with two attached hydrogens (primary N) is 2. The number of hydrogen-bond donors (Lipinski definition) is 2. The van der Waals surface area contributed by atoms with E-state index in [1.165, 1.54) is 19.3 Å². The Morgan fingerprint density at radius 2 is 1.88 bits per heavy atom. The summed E-state index contributed by atoms with van der Waals surface area (Å²) >= 11 is 5.92. The van der Waals surface area contributed by atoms with Crippen LogP contribution in [0, 0.1) is 5.92 Å². The number of para-hydroxylation sites is 2. The summed E-state index contributed by atoms with van der Waals surface area (Å²) in [5, 5.41) is 4.57. The zero-order valence-corrected chi connectivity index (χ0v) is 18.6. The van der Waals surface area contributed by atoms with Crippen LogP contribution in [0.25, 0.3) is 16.4 Å². The van der Waals surface area contributed by atoms with E-state index < -0.39 is 0 Å². The van der Waals surface area contributed by atoms with E-state index in [1.807, 2.05) is 18.2 Å². The number of nitrogens with zero attached hydrogens (tertiary/aromatic N) is 5. The molecule has 2 heterocycles. The Morgan fingerprint density at radius 1 is 1.12 bits per heavy atom. The van der Waals surface area contributed by atoms with Gasteiger partial charge in [-0.2, -0.15) is 0 Å². The second kappa shape index (κ2) is 8.41. The number of hydrogen-bond acceptors (Lipinski definition) is 5. The molecule has 0 saturated heterocycles. The summed E-state index contributed by atoms with van der Waals surface area (Å²) in [4.78, 5) is 12.8. The SMILES string of the molecule is Nc1nc(N)c([N-]Cc2nc3ccccc3n2CC2CCC2)nc1Cl.[K+]. The molecule has 0 unspecified atom stereocenters. The molecule has 3 aromatic rings. The summed E-state index contributed by atoms with van der Waals surface area (Å²) in [6, 6.07) is 8.14. The molecule has 0 radical (unpaired) electrons. The molecule has 0 amide bonds. The van der Waals surface area contributed by atoms with Gasteiger partial charge in [0.25, 0.3) is 0 Å². The Morgan fingerprint density at radius 3 is 2.62 bits per heavy atom. The summed E-state index contributed by atoms with van der Waals surface area (Å²) in [7, 11) is 0. The number of nitrogen functional groups attached to an aromatic ring is 2. The zero-order valence-electron chi connectivity index (χ0n) is 14.7. The van der Waals surface area contributed by atoms with Crippen LogP contribution in [0.1, 0.15) is 25.1 Å². The average Bonchev–Trinajstić information content (AvgIpc) is 2.90. The van der Waals surface area contributed by atoms with Crippen LogP contribution >= 0.6 is 11.6 Å². The minimum atomic E-state index is 0. The molecule has 4 N–H and O–H groups in total. The Bertz CT molecular complexity index is 923. The monoisotopic (exact) mass is 395 g/mol. The topological polar surface area (TPSA) is 110 Å². The van der Waals surface area contributed by atoms with Crippen molar-refractivity contribution in [1.82, 2.24) is 19.5 Å². The molecule has 1 saturated carbocycles. The largest absolute Gasteiger partial charge is 1.00 e. The maximum atomic E-state index is 5.92. The number of fused-ring (bicyclic) bond motifs is 1. The van der Waals surface area contributed by atoms with Gasteiger partial charge in [0.2, 0.25) is 0 Å². The van der Waals surface area contributed by atoms with Crippen molar-refractivity contribution in [1.29, 1.82) is 0 Å². The Kier molecular flexibility index (Phi) is 6.42. The summed E-state index contributed by atoms with van der Waals surface area (Å²) in [5.41, 5.74) is 13.6. The summed E-state index contributed by atoms with van der Waals surface area (Å²) < 4.78 is 2.26. The van der Waals surface area contributed by atoms with E-state index in [4.69, 9.17) is 28.1 Å². The number of rotatable bonds is 5. The molecule has 26 heavy (non-hydrogen) atoms. The molecule has 1 aliphatic carbocycles. The van der Waals surface area contributed by atoms with Gasteiger partial charge in [-0.3, -0.25) is 0 Å². The fraction of sp³-hybridized carbons (Fsp3) is 0.353. The predicted octanol–water partition coefficient (Wildman–Crippen LogP) is 0.654. The summed E-state index contributed by atoms with van der Waals surface area (Å²) in [5.74, 6) is 2.18. The quantitative estimate of drug-likeness (QED) is 0.616. The van der Waals surface area contributed by atoms with Crippen molar-refractivity contribution in [2.24, 2.45) is 5.92 Å². The van der Waals surface area contributed by atoms with Gasteiger partial charge >= 0.3 is 51.4 Å². The minimum absolute atomic E-state index is 0. The number of anilines is 2. The standard InChI is InChI=1S/C17H19ClN7.K/c18-14-15(19)24-16(20)17(23-14)21-8-13-22-11-6-1-2-7-12(11)25(13)9-10-4-3-5-10;/h1-2,6-7,10H,3-5,8-9H2,(H4-,19,20,21,23,24);/q-1;+1. The molecule has 1 aliphatic rings. The molecule has 4 rings (SSSR count). The van der Waals surface area contributed by atoms with Crippen LogP contribution in [0.2, 0.25) is 5.15 Å². The maximum absolute atomic E-state index is 5.92. The van der Waals surface area contributed by atoms with Crippen molar-refractivity contribution < 1.29 is 51.4 Å². The molecule has 130 valence electrons. The number of benzene rings is 1. The predicted molar refractivity (Wildman–Crippen MR) is 99.7 cm³/mol. The molecule has 0 spiro atoms. The molecule has 9 heteroatoms. The fourth-order valence-corrected chi connectivity index (χ4v) is 3.20. The van der Waals surface area contributed by atoms with Crippen molar-refractivity contribution in [3.8, 4) is 0 Å². The molecule has 7 nitrogen and oxygen atoms in total. The van der Waals surface area contributed by atoms with Crippen molar-refractivity contribution in [3.63, 3.8) is 0 Å². The third-order valence-corrected chi connectivity index (χ3v) is 4.93. The van der Waals surface area contributed by atoms with Gasteiger partial charge in [0.15, 0.2) is 0 Å². The van der Waals surface area contributed by atoms with E-state index in [0.29, 0.717) is 18.3 Å². The Labute approximate surface area is 199 Å². The van der Waals surface area contributed by atoms with Crippen molar-refractivity contribution >= 4 is 40.1 Å². The first kappa shape index (κ1) is 19.8. The van der Waals surface area contributed by atoms with Crippen LogP contribution in [0.4, 0.5) is 17.5 Å². The third-order valence-electron chi connectivity index (χ3n) is 4.65. The number of aromatic nitrogens is 4. The van der Waals surface area contributed by atoms with Gasteiger partial charge in [0.05, 0.1) is 16.2 Å². The molecule has 0 atom stereocenters. The van der Waals surface area contributed by atoms with Gasteiger partial charge in [-0.25, -0.2) is 9.97 Å². The molecule has 0 bridgehead atoms. The smallest absolute Gasteiger partial charge is 0.455 e. The van der Waals surface area contributed by atoms with Crippen LogP contribution in [0.15, 0.2) is 24.3 Å². The van der Waals surface area contributed by atoms with Crippen LogP contribution < -0.4 is 62.9 Å². The molecular formula is C17H19ClKN7. The Hall–Kier alpha value is -0.904. The fourth-order valence-electron chi connectivity index (χ4n) is 3.08. The van der Waals surface area contributed by atoms with Crippen LogP contribution in [-0.2, 0) is 13.1 Å². The average molecular weight is 396 g/mol. The Balaban J connectivity index is 0.00000196. The van der Waals surface area contributed by atoms with E-state index in [1.54, 1.807) is 0 Å². The van der Waals surface area contributed by atoms with E-state index in [-0.39, 0.29) is 68.2 Å². The zero-order chi connectivity index (χ0) is 17.4. The minimum Gasteiger partial charge on any atom is -0.455 e. The van der Waals surface area contributed by atoms with E-state index in [0.717, 1.165) is 23.4 Å². The maximum Gasteiger partial charge on any atom is 1.00 e. The van der Waals surface area contributed by atoms with E-state index >= 15 is 0 Å². The second-order valence-corrected chi connectivity index (χ2v) is 6.71. The van der Waals surface area contributed by atoms with E-state index in [2.05, 4.69) is 25.9 Å². The second-order valence-electron chi connectivity index (χ2n) is 6.35. The van der Waals surface area contributed by atoms with E-state index in [9.17, 15) is 0 Å². The number of halogens is 1. The molecule has 2 aromatic heterocycles. The first-order chi connectivity index (χ1) is 12.1. The van der Waals surface area contributed by atoms with Crippen LogP contribution in [-0.4, -0.2) is 19.5 Å². The summed E-state index contributed by atoms with van der Waals surface area (Å²) in [6.45, 7) is 1.33.